The Morgan fingerprint density at radius 1 is 1.53 bits per heavy atom. The zero-order chi connectivity index (χ0) is 11.1. The van der Waals surface area contributed by atoms with Gasteiger partial charge in [-0.05, 0) is 19.3 Å². The second kappa shape index (κ2) is 6.80. The normalized spacial score (nSPS) is 17.5. The predicted octanol–water partition coefficient (Wildman–Crippen LogP) is 0.406. The molecule has 0 heterocycles. The van der Waals surface area contributed by atoms with Gasteiger partial charge < -0.3 is 15.7 Å². The first kappa shape index (κ1) is 12.5. The van der Waals surface area contributed by atoms with E-state index in [9.17, 15) is 9.90 Å². The fraction of sp³-hybridized carbons (Fsp3) is 0.909. The molecule has 0 aromatic carbocycles. The minimum Gasteiger partial charge on any atom is -0.391 e. The molecule has 1 aliphatic carbocycles. The number of carbonyl (C=O) groups is 1. The van der Waals surface area contributed by atoms with E-state index in [2.05, 4.69) is 10.6 Å². The fourth-order valence-electron chi connectivity index (χ4n) is 1.43. The Morgan fingerprint density at radius 2 is 2.27 bits per heavy atom. The first-order chi connectivity index (χ1) is 7.22. The zero-order valence-electron chi connectivity index (χ0n) is 9.46. The molecule has 4 nitrogen and oxygen atoms in total. The molecule has 3 N–H and O–H groups in total. The molecule has 0 aliphatic heterocycles. The topological polar surface area (TPSA) is 61.4 Å². The molecule has 1 fully saturated rings. The summed E-state index contributed by atoms with van der Waals surface area (Å²) in [6, 6.07) is 0.656. The molecule has 1 amide bonds. The highest BCUT2D eigenvalue weighted by molar-refractivity contribution is 5.76. The quantitative estimate of drug-likeness (QED) is 0.548. The Morgan fingerprint density at radius 3 is 2.87 bits per heavy atom. The van der Waals surface area contributed by atoms with Crippen LogP contribution in [0.25, 0.3) is 0 Å². The summed E-state index contributed by atoms with van der Waals surface area (Å²) in [4.78, 5) is 11.3. The Kier molecular flexibility index (Phi) is 5.65. The molecule has 1 unspecified atom stereocenters. The molecule has 1 saturated carbocycles. The standard InChI is InChI=1S/C11H22N2O2/c1-2-3-10(14)8-13-11(15)6-7-12-9-4-5-9/h9-10,12,14H,2-8H2,1H3,(H,13,15). The molecule has 1 rings (SSSR count). The molecule has 15 heavy (non-hydrogen) atoms. The van der Waals surface area contributed by atoms with Gasteiger partial charge in [0.2, 0.25) is 5.91 Å². The van der Waals surface area contributed by atoms with E-state index in [0.29, 0.717) is 19.0 Å². The fourth-order valence-corrected chi connectivity index (χ4v) is 1.43. The highest BCUT2D eigenvalue weighted by Crippen LogP contribution is 2.18. The Hall–Kier alpha value is -0.610. The van der Waals surface area contributed by atoms with E-state index in [4.69, 9.17) is 0 Å². The van der Waals surface area contributed by atoms with Crippen molar-refractivity contribution in [2.24, 2.45) is 0 Å². The molecule has 1 aliphatic rings. The molecule has 0 aromatic heterocycles. The molecular weight excluding hydrogens is 192 g/mol. The summed E-state index contributed by atoms with van der Waals surface area (Å²) in [6.45, 7) is 3.15. The lowest BCUT2D eigenvalue weighted by Gasteiger charge is -2.10. The summed E-state index contributed by atoms with van der Waals surface area (Å²) in [6.07, 6.45) is 4.31. The Labute approximate surface area is 91.4 Å². The molecule has 0 radical (unpaired) electrons. The molecule has 4 heteroatoms. The first-order valence-electron chi connectivity index (χ1n) is 5.90. The molecule has 0 spiro atoms. The first-order valence-corrected chi connectivity index (χ1v) is 5.90. The maximum absolute atomic E-state index is 11.3. The maximum atomic E-state index is 11.3. The van der Waals surface area contributed by atoms with Gasteiger partial charge in [-0.2, -0.15) is 0 Å². The summed E-state index contributed by atoms with van der Waals surface area (Å²) < 4.78 is 0. The van der Waals surface area contributed by atoms with Crippen molar-refractivity contribution in [3.63, 3.8) is 0 Å². The van der Waals surface area contributed by atoms with Crippen LogP contribution in [0.2, 0.25) is 0 Å². The van der Waals surface area contributed by atoms with Crippen molar-refractivity contribution in [1.82, 2.24) is 10.6 Å². The van der Waals surface area contributed by atoms with Crippen molar-refractivity contribution in [3.8, 4) is 0 Å². The number of aliphatic hydroxyl groups excluding tert-OH is 1. The third-order valence-electron chi connectivity index (χ3n) is 2.52. The zero-order valence-corrected chi connectivity index (χ0v) is 9.46. The van der Waals surface area contributed by atoms with Crippen LogP contribution in [0.5, 0.6) is 0 Å². The Bertz CT molecular complexity index is 193. The van der Waals surface area contributed by atoms with E-state index in [-0.39, 0.29) is 5.91 Å². The summed E-state index contributed by atoms with van der Waals surface area (Å²) >= 11 is 0. The van der Waals surface area contributed by atoms with Crippen LogP contribution in [-0.2, 0) is 4.79 Å². The van der Waals surface area contributed by atoms with Gasteiger partial charge in [-0.15, -0.1) is 0 Å². The Balaban J connectivity index is 1.92. The van der Waals surface area contributed by atoms with Crippen LogP contribution in [0.1, 0.15) is 39.0 Å². The van der Waals surface area contributed by atoms with Crippen molar-refractivity contribution in [3.05, 3.63) is 0 Å². The molecule has 0 aromatic rings. The molecular formula is C11H22N2O2. The predicted molar refractivity (Wildman–Crippen MR) is 59.6 cm³/mol. The largest absolute Gasteiger partial charge is 0.391 e. The molecule has 0 bridgehead atoms. The van der Waals surface area contributed by atoms with Crippen molar-refractivity contribution < 1.29 is 9.90 Å². The summed E-state index contributed by atoms with van der Waals surface area (Å²) in [7, 11) is 0. The van der Waals surface area contributed by atoms with E-state index in [1.54, 1.807) is 0 Å². The number of aliphatic hydroxyl groups is 1. The summed E-state index contributed by atoms with van der Waals surface area (Å²) in [5.41, 5.74) is 0. The van der Waals surface area contributed by atoms with Crippen LogP contribution >= 0.6 is 0 Å². The highest BCUT2D eigenvalue weighted by Gasteiger charge is 2.20. The van der Waals surface area contributed by atoms with Crippen LogP contribution in [0.15, 0.2) is 0 Å². The lowest BCUT2D eigenvalue weighted by atomic mass is 10.2. The van der Waals surface area contributed by atoms with E-state index in [0.717, 1.165) is 19.4 Å². The van der Waals surface area contributed by atoms with Crippen LogP contribution in [0.3, 0.4) is 0 Å². The number of rotatable bonds is 8. The second-order valence-corrected chi connectivity index (χ2v) is 4.22. The molecule has 88 valence electrons. The highest BCUT2D eigenvalue weighted by atomic mass is 16.3. The van der Waals surface area contributed by atoms with E-state index in [1.165, 1.54) is 12.8 Å². The van der Waals surface area contributed by atoms with Crippen LogP contribution in [-0.4, -0.2) is 36.2 Å². The minimum absolute atomic E-state index is 0.0262. The number of nitrogens with one attached hydrogen (secondary N) is 2. The molecule has 1 atom stereocenters. The van der Waals surface area contributed by atoms with Crippen molar-refractivity contribution in [2.75, 3.05) is 13.1 Å². The van der Waals surface area contributed by atoms with Gasteiger partial charge in [0.1, 0.15) is 0 Å². The van der Waals surface area contributed by atoms with Crippen LogP contribution in [0.4, 0.5) is 0 Å². The lowest BCUT2D eigenvalue weighted by Crippen LogP contribution is -2.34. The third kappa shape index (κ3) is 6.47. The van der Waals surface area contributed by atoms with Gasteiger partial charge in [0.05, 0.1) is 6.10 Å². The van der Waals surface area contributed by atoms with E-state index in [1.807, 2.05) is 6.92 Å². The van der Waals surface area contributed by atoms with Gasteiger partial charge in [0, 0.05) is 25.6 Å². The second-order valence-electron chi connectivity index (χ2n) is 4.22. The molecule has 0 saturated heterocycles. The van der Waals surface area contributed by atoms with Gasteiger partial charge in [-0.25, -0.2) is 0 Å². The van der Waals surface area contributed by atoms with Crippen LogP contribution < -0.4 is 10.6 Å². The average molecular weight is 214 g/mol. The van der Waals surface area contributed by atoms with Gasteiger partial charge in [-0.3, -0.25) is 4.79 Å². The smallest absolute Gasteiger partial charge is 0.221 e. The lowest BCUT2D eigenvalue weighted by molar-refractivity contribution is -0.121. The number of carbonyl (C=O) groups excluding carboxylic acids is 1. The number of amides is 1. The SMILES string of the molecule is CCCC(O)CNC(=O)CCNC1CC1. The van der Waals surface area contributed by atoms with Gasteiger partial charge in [0.25, 0.3) is 0 Å². The average Bonchev–Trinajstić information content (AvgIpc) is 2.99. The van der Waals surface area contributed by atoms with Crippen molar-refractivity contribution in [2.45, 2.75) is 51.2 Å². The minimum atomic E-state index is -0.393. The van der Waals surface area contributed by atoms with Crippen LogP contribution in [0, 0.1) is 0 Å². The van der Waals surface area contributed by atoms with Gasteiger partial charge in [-0.1, -0.05) is 13.3 Å². The van der Waals surface area contributed by atoms with E-state index < -0.39 is 6.10 Å². The third-order valence-corrected chi connectivity index (χ3v) is 2.52. The number of hydrogen-bond acceptors (Lipinski definition) is 3. The maximum Gasteiger partial charge on any atom is 0.221 e. The van der Waals surface area contributed by atoms with Gasteiger partial charge >= 0.3 is 0 Å². The van der Waals surface area contributed by atoms with Gasteiger partial charge in [0.15, 0.2) is 0 Å². The van der Waals surface area contributed by atoms with Crippen molar-refractivity contribution >= 4 is 5.91 Å². The summed E-state index contributed by atoms with van der Waals surface area (Å²) in [5.74, 6) is 0.0262. The number of hydrogen-bond donors (Lipinski definition) is 3. The monoisotopic (exact) mass is 214 g/mol. The van der Waals surface area contributed by atoms with E-state index >= 15 is 0 Å². The summed E-state index contributed by atoms with van der Waals surface area (Å²) in [5, 5.41) is 15.4. The van der Waals surface area contributed by atoms with Crippen molar-refractivity contribution in [1.29, 1.82) is 0 Å².